The molecule has 0 unspecified atom stereocenters. The zero-order chi connectivity index (χ0) is 14.9. The van der Waals surface area contributed by atoms with Gasteiger partial charge in [-0.25, -0.2) is 14.5 Å². The van der Waals surface area contributed by atoms with Crippen LogP contribution in [0.5, 0.6) is 0 Å². The lowest BCUT2D eigenvalue weighted by molar-refractivity contribution is 0.0683. The number of nitrogens with zero attached hydrogens (tertiary/aromatic N) is 4. The summed E-state index contributed by atoms with van der Waals surface area (Å²) in [7, 11) is 0. The van der Waals surface area contributed by atoms with E-state index >= 15 is 0 Å². The van der Waals surface area contributed by atoms with Gasteiger partial charge in [0.25, 0.3) is 5.82 Å². The summed E-state index contributed by atoms with van der Waals surface area (Å²) in [5, 5.41) is 22.3. The smallest absolute Gasteiger partial charge is 0.375 e. The number of hydrogen-bond acceptors (Lipinski definition) is 4. The molecule has 2 rings (SSSR count). The summed E-state index contributed by atoms with van der Waals surface area (Å²) >= 11 is 6.11. The van der Waals surface area contributed by atoms with Crippen LogP contribution in [0.3, 0.4) is 0 Å². The number of carboxylic acids is 1. The largest absolute Gasteiger partial charge is 0.475 e. The molecule has 0 saturated heterocycles. The van der Waals surface area contributed by atoms with Gasteiger partial charge in [0.15, 0.2) is 0 Å². The highest BCUT2D eigenvalue weighted by Gasteiger charge is 2.20. The van der Waals surface area contributed by atoms with Gasteiger partial charge in [0.05, 0.1) is 22.3 Å². The Labute approximate surface area is 120 Å². The predicted octanol–water partition coefficient (Wildman–Crippen LogP) is 2.61. The molecular formula is C13H11ClN4O2. The minimum absolute atomic E-state index is 0.0441. The highest BCUT2D eigenvalue weighted by atomic mass is 35.5. The van der Waals surface area contributed by atoms with E-state index in [0.717, 1.165) is 0 Å². The van der Waals surface area contributed by atoms with Crippen LogP contribution in [0.1, 0.15) is 41.8 Å². The summed E-state index contributed by atoms with van der Waals surface area (Å²) < 4.78 is 1.37. The molecule has 0 aliphatic carbocycles. The van der Waals surface area contributed by atoms with E-state index < -0.39 is 5.97 Å². The molecule has 2 aromatic rings. The molecule has 1 aromatic heterocycles. The van der Waals surface area contributed by atoms with E-state index in [4.69, 9.17) is 22.0 Å². The van der Waals surface area contributed by atoms with Crippen LogP contribution in [0, 0.1) is 11.3 Å². The van der Waals surface area contributed by atoms with Crippen molar-refractivity contribution in [2.75, 3.05) is 0 Å². The molecule has 20 heavy (non-hydrogen) atoms. The maximum Gasteiger partial charge on any atom is 0.375 e. The van der Waals surface area contributed by atoms with E-state index in [2.05, 4.69) is 10.1 Å². The summed E-state index contributed by atoms with van der Waals surface area (Å²) in [6.45, 7) is 3.74. The summed E-state index contributed by atoms with van der Waals surface area (Å²) in [6, 6.07) is 6.71. The molecule has 0 radical (unpaired) electrons. The Balaban J connectivity index is 2.68. The molecule has 0 spiro atoms. The Morgan fingerprint density at radius 2 is 2.20 bits per heavy atom. The molecule has 1 N–H and O–H groups in total. The lowest BCUT2D eigenvalue weighted by Crippen LogP contribution is -2.06. The molecule has 1 aromatic carbocycles. The number of halogens is 1. The van der Waals surface area contributed by atoms with E-state index in [-0.39, 0.29) is 11.7 Å². The minimum atomic E-state index is -1.21. The summed E-state index contributed by atoms with van der Waals surface area (Å²) in [6.07, 6.45) is 0. The van der Waals surface area contributed by atoms with Gasteiger partial charge in [-0.2, -0.15) is 5.26 Å². The first-order valence-corrected chi connectivity index (χ1v) is 6.22. The first kappa shape index (κ1) is 14.0. The zero-order valence-corrected chi connectivity index (χ0v) is 11.6. The van der Waals surface area contributed by atoms with Gasteiger partial charge < -0.3 is 5.11 Å². The summed E-state index contributed by atoms with van der Waals surface area (Å²) in [5.74, 6) is -1.08. The van der Waals surface area contributed by atoms with Gasteiger partial charge in [-0.15, -0.1) is 5.10 Å². The Hall–Kier alpha value is -2.39. The second-order valence-electron chi connectivity index (χ2n) is 4.44. The average molecular weight is 291 g/mol. The van der Waals surface area contributed by atoms with Crippen molar-refractivity contribution in [2.24, 2.45) is 0 Å². The lowest BCUT2D eigenvalue weighted by atomic mass is 10.2. The summed E-state index contributed by atoms with van der Waals surface area (Å²) in [4.78, 5) is 15.0. The van der Waals surface area contributed by atoms with Crippen molar-refractivity contribution in [2.45, 2.75) is 19.8 Å². The molecule has 6 nitrogen and oxygen atoms in total. The number of benzene rings is 1. The van der Waals surface area contributed by atoms with E-state index in [1.165, 1.54) is 4.68 Å². The molecule has 102 valence electrons. The van der Waals surface area contributed by atoms with Gasteiger partial charge >= 0.3 is 5.97 Å². The molecule has 0 aliphatic rings. The van der Waals surface area contributed by atoms with Crippen molar-refractivity contribution < 1.29 is 9.90 Å². The zero-order valence-electron chi connectivity index (χ0n) is 10.8. The number of nitriles is 1. The van der Waals surface area contributed by atoms with E-state index in [0.29, 0.717) is 22.1 Å². The van der Waals surface area contributed by atoms with Gasteiger partial charge in [0, 0.05) is 5.92 Å². The Morgan fingerprint density at radius 1 is 1.50 bits per heavy atom. The Morgan fingerprint density at radius 3 is 2.75 bits per heavy atom. The molecule has 0 bridgehead atoms. The molecule has 0 saturated carbocycles. The van der Waals surface area contributed by atoms with Crippen LogP contribution in [-0.4, -0.2) is 25.8 Å². The van der Waals surface area contributed by atoms with Crippen LogP contribution in [-0.2, 0) is 0 Å². The predicted molar refractivity (Wildman–Crippen MR) is 72.1 cm³/mol. The quantitative estimate of drug-likeness (QED) is 0.938. The summed E-state index contributed by atoms with van der Waals surface area (Å²) in [5.41, 5.74) is 0.848. The molecule has 0 atom stereocenters. The van der Waals surface area contributed by atoms with Crippen molar-refractivity contribution in [3.63, 3.8) is 0 Å². The fourth-order valence-corrected chi connectivity index (χ4v) is 1.91. The van der Waals surface area contributed by atoms with Crippen LogP contribution in [0.2, 0.25) is 5.02 Å². The number of carbonyl (C=O) groups is 1. The van der Waals surface area contributed by atoms with Crippen LogP contribution in [0.25, 0.3) is 5.69 Å². The maximum atomic E-state index is 11.0. The fraction of sp³-hybridized carbons (Fsp3) is 0.231. The van der Waals surface area contributed by atoms with Crippen LogP contribution in [0.4, 0.5) is 0 Å². The van der Waals surface area contributed by atoms with Crippen molar-refractivity contribution in [1.82, 2.24) is 14.8 Å². The first-order valence-electron chi connectivity index (χ1n) is 5.84. The highest BCUT2D eigenvalue weighted by molar-refractivity contribution is 6.32. The first-order chi connectivity index (χ1) is 9.43. The van der Waals surface area contributed by atoms with Crippen LogP contribution < -0.4 is 0 Å². The standard InChI is InChI=1S/C13H11ClN4O2/c1-7(2)12-16-11(13(19)20)17-18(12)10-5-8(6-15)3-4-9(10)14/h3-5,7H,1-2H3,(H,19,20). The van der Waals surface area contributed by atoms with Gasteiger partial charge in [-0.05, 0) is 18.2 Å². The van der Waals surface area contributed by atoms with Gasteiger partial charge in [-0.1, -0.05) is 25.4 Å². The normalized spacial score (nSPS) is 10.6. The monoisotopic (exact) mass is 290 g/mol. The molecule has 0 aliphatic heterocycles. The topological polar surface area (TPSA) is 91.8 Å². The molecule has 0 amide bonds. The third kappa shape index (κ3) is 2.49. The van der Waals surface area contributed by atoms with Crippen LogP contribution in [0.15, 0.2) is 18.2 Å². The fourth-order valence-electron chi connectivity index (χ4n) is 1.71. The number of hydrogen-bond donors (Lipinski definition) is 1. The van der Waals surface area contributed by atoms with Gasteiger partial charge in [0.2, 0.25) is 0 Å². The Bertz CT molecular complexity index is 716. The molecule has 0 fully saturated rings. The average Bonchev–Trinajstić information content (AvgIpc) is 2.84. The molecule has 7 heteroatoms. The van der Waals surface area contributed by atoms with Crippen molar-refractivity contribution >= 4 is 17.6 Å². The Kier molecular flexibility index (Phi) is 3.72. The van der Waals surface area contributed by atoms with Crippen molar-refractivity contribution in [3.8, 4) is 11.8 Å². The maximum absolute atomic E-state index is 11.0. The van der Waals surface area contributed by atoms with Gasteiger partial charge in [0.1, 0.15) is 5.82 Å². The minimum Gasteiger partial charge on any atom is -0.475 e. The van der Waals surface area contributed by atoms with E-state index in [9.17, 15) is 4.79 Å². The highest BCUT2D eigenvalue weighted by Crippen LogP contribution is 2.25. The molecular weight excluding hydrogens is 280 g/mol. The third-order valence-electron chi connectivity index (χ3n) is 2.64. The number of carboxylic acid groups (broad SMARTS) is 1. The van der Waals surface area contributed by atoms with E-state index in [1.54, 1.807) is 18.2 Å². The number of aromatic nitrogens is 3. The van der Waals surface area contributed by atoms with Crippen molar-refractivity contribution in [1.29, 1.82) is 5.26 Å². The second kappa shape index (κ2) is 5.31. The number of aromatic carboxylic acids is 1. The molecule has 1 heterocycles. The number of rotatable bonds is 3. The van der Waals surface area contributed by atoms with E-state index in [1.807, 2.05) is 19.9 Å². The van der Waals surface area contributed by atoms with Crippen LogP contribution >= 0.6 is 11.6 Å². The van der Waals surface area contributed by atoms with Crippen molar-refractivity contribution in [3.05, 3.63) is 40.4 Å². The lowest BCUT2D eigenvalue weighted by Gasteiger charge is -2.09. The third-order valence-corrected chi connectivity index (χ3v) is 2.96. The van der Waals surface area contributed by atoms with Gasteiger partial charge in [-0.3, -0.25) is 0 Å². The second-order valence-corrected chi connectivity index (χ2v) is 4.85. The SMILES string of the molecule is CC(C)c1nc(C(=O)O)nn1-c1cc(C#N)ccc1Cl.